The van der Waals surface area contributed by atoms with Crippen LogP contribution in [0.15, 0.2) is 24.3 Å². The molecule has 1 aromatic rings. The summed E-state index contributed by atoms with van der Waals surface area (Å²) >= 11 is 0. The van der Waals surface area contributed by atoms with Crippen molar-refractivity contribution in [2.24, 2.45) is 5.92 Å². The zero-order valence-electron chi connectivity index (χ0n) is 13.5. The van der Waals surface area contributed by atoms with Gasteiger partial charge in [0.1, 0.15) is 0 Å². The van der Waals surface area contributed by atoms with Gasteiger partial charge >= 0.3 is 5.97 Å². The van der Waals surface area contributed by atoms with E-state index in [9.17, 15) is 14.7 Å². The lowest BCUT2D eigenvalue weighted by molar-refractivity contribution is -0.158. The summed E-state index contributed by atoms with van der Waals surface area (Å²) in [7, 11) is 0. The highest BCUT2D eigenvalue weighted by atomic mass is 16.4. The first-order chi connectivity index (χ1) is 9.73. The Bertz CT molecular complexity index is 507. The van der Waals surface area contributed by atoms with E-state index in [0.29, 0.717) is 18.0 Å². The standard InChI is InChI=1S/C17H25NO3/c1-6-18(13(4)19)17(5,16(20)21)15-9-7-14(8-10-15)11-12(2)3/h7-10,12H,6,11H2,1-5H3,(H,20,21). The minimum Gasteiger partial charge on any atom is -0.479 e. The van der Waals surface area contributed by atoms with Crippen LogP contribution < -0.4 is 0 Å². The van der Waals surface area contributed by atoms with E-state index in [1.165, 1.54) is 17.4 Å². The number of carbonyl (C=O) groups excluding carboxylic acids is 1. The van der Waals surface area contributed by atoms with E-state index >= 15 is 0 Å². The minimum atomic E-state index is -1.34. The Morgan fingerprint density at radius 1 is 1.24 bits per heavy atom. The summed E-state index contributed by atoms with van der Waals surface area (Å²) < 4.78 is 0. The number of amides is 1. The van der Waals surface area contributed by atoms with Gasteiger partial charge < -0.3 is 10.0 Å². The van der Waals surface area contributed by atoms with E-state index in [4.69, 9.17) is 0 Å². The number of carboxylic acid groups (broad SMARTS) is 1. The molecule has 0 aromatic heterocycles. The van der Waals surface area contributed by atoms with Crippen LogP contribution in [-0.2, 0) is 21.5 Å². The lowest BCUT2D eigenvalue weighted by Gasteiger charge is -2.37. The molecule has 0 aliphatic rings. The fourth-order valence-electron chi connectivity index (χ4n) is 2.69. The van der Waals surface area contributed by atoms with Gasteiger partial charge in [0.05, 0.1) is 0 Å². The molecule has 0 saturated heterocycles. The maximum absolute atomic E-state index is 11.8. The first kappa shape index (κ1) is 17.2. The van der Waals surface area contributed by atoms with Gasteiger partial charge in [-0.3, -0.25) is 4.79 Å². The number of benzene rings is 1. The Hall–Kier alpha value is -1.84. The molecule has 1 amide bonds. The van der Waals surface area contributed by atoms with Gasteiger partial charge in [-0.2, -0.15) is 0 Å². The fourth-order valence-corrected chi connectivity index (χ4v) is 2.69. The van der Waals surface area contributed by atoms with E-state index in [0.717, 1.165) is 6.42 Å². The Kier molecular flexibility index (Phi) is 5.53. The molecule has 116 valence electrons. The number of likely N-dealkylation sites (N-methyl/N-ethyl adjacent to an activating group) is 1. The summed E-state index contributed by atoms with van der Waals surface area (Å²) in [6.07, 6.45) is 0.953. The number of carboxylic acids is 1. The molecule has 0 radical (unpaired) electrons. The van der Waals surface area contributed by atoms with Crippen molar-refractivity contribution < 1.29 is 14.7 Å². The van der Waals surface area contributed by atoms with Gasteiger partial charge in [-0.15, -0.1) is 0 Å². The highest BCUT2D eigenvalue weighted by Crippen LogP contribution is 2.29. The molecule has 4 nitrogen and oxygen atoms in total. The summed E-state index contributed by atoms with van der Waals surface area (Å²) in [4.78, 5) is 25.0. The van der Waals surface area contributed by atoms with Gasteiger partial charge in [-0.05, 0) is 37.3 Å². The predicted octanol–water partition coefficient (Wildman–Crippen LogP) is 3.05. The predicted molar refractivity (Wildman–Crippen MR) is 83.0 cm³/mol. The average Bonchev–Trinajstić information content (AvgIpc) is 2.38. The molecule has 0 bridgehead atoms. The van der Waals surface area contributed by atoms with Crippen molar-refractivity contribution in [2.75, 3.05) is 6.54 Å². The van der Waals surface area contributed by atoms with Crippen LogP contribution in [0.25, 0.3) is 0 Å². The van der Waals surface area contributed by atoms with Crippen molar-refractivity contribution in [3.63, 3.8) is 0 Å². The molecule has 0 saturated carbocycles. The van der Waals surface area contributed by atoms with E-state index in [1.807, 2.05) is 24.3 Å². The molecule has 21 heavy (non-hydrogen) atoms. The number of carbonyl (C=O) groups is 2. The molecule has 4 heteroatoms. The van der Waals surface area contributed by atoms with Crippen LogP contribution >= 0.6 is 0 Å². The molecule has 0 fully saturated rings. The van der Waals surface area contributed by atoms with Crippen LogP contribution in [0.3, 0.4) is 0 Å². The first-order valence-corrected chi connectivity index (χ1v) is 7.34. The third-order valence-corrected chi connectivity index (χ3v) is 3.81. The van der Waals surface area contributed by atoms with Crippen molar-refractivity contribution in [1.29, 1.82) is 0 Å². The molecule has 1 aromatic carbocycles. The van der Waals surface area contributed by atoms with Crippen LogP contribution in [0.5, 0.6) is 0 Å². The van der Waals surface area contributed by atoms with Gasteiger partial charge in [0.15, 0.2) is 5.54 Å². The van der Waals surface area contributed by atoms with E-state index in [2.05, 4.69) is 13.8 Å². The second-order valence-corrected chi connectivity index (χ2v) is 5.94. The van der Waals surface area contributed by atoms with Gasteiger partial charge in [-0.25, -0.2) is 4.79 Å². The molecular formula is C17H25NO3. The summed E-state index contributed by atoms with van der Waals surface area (Å²) in [5.74, 6) is -0.712. The molecule has 1 unspecified atom stereocenters. The Balaban J connectivity index is 3.22. The van der Waals surface area contributed by atoms with E-state index in [-0.39, 0.29) is 5.91 Å². The monoisotopic (exact) mass is 291 g/mol. The van der Waals surface area contributed by atoms with Gasteiger partial charge in [0.25, 0.3) is 0 Å². The summed E-state index contributed by atoms with van der Waals surface area (Å²) in [6.45, 7) is 9.41. The molecule has 1 rings (SSSR count). The van der Waals surface area contributed by atoms with Gasteiger partial charge in [-0.1, -0.05) is 38.1 Å². The number of nitrogens with zero attached hydrogens (tertiary/aromatic N) is 1. The summed E-state index contributed by atoms with van der Waals surface area (Å²) in [5.41, 5.74) is 0.462. The number of rotatable bonds is 6. The molecule has 0 heterocycles. The number of hydrogen-bond donors (Lipinski definition) is 1. The maximum Gasteiger partial charge on any atom is 0.334 e. The largest absolute Gasteiger partial charge is 0.479 e. The zero-order valence-corrected chi connectivity index (χ0v) is 13.5. The van der Waals surface area contributed by atoms with Crippen LogP contribution in [0, 0.1) is 5.92 Å². The van der Waals surface area contributed by atoms with E-state index < -0.39 is 11.5 Å². The number of aliphatic carboxylic acids is 1. The van der Waals surface area contributed by atoms with Crippen molar-refractivity contribution in [2.45, 2.75) is 46.6 Å². The molecule has 1 atom stereocenters. The molecule has 1 N–H and O–H groups in total. The Morgan fingerprint density at radius 3 is 2.10 bits per heavy atom. The van der Waals surface area contributed by atoms with Crippen molar-refractivity contribution >= 4 is 11.9 Å². The van der Waals surface area contributed by atoms with Crippen LogP contribution in [-0.4, -0.2) is 28.4 Å². The first-order valence-electron chi connectivity index (χ1n) is 7.34. The lowest BCUT2D eigenvalue weighted by Crippen LogP contribution is -2.51. The Labute approximate surface area is 126 Å². The van der Waals surface area contributed by atoms with Gasteiger partial charge in [0.2, 0.25) is 5.91 Å². The lowest BCUT2D eigenvalue weighted by atomic mass is 9.88. The van der Waals surface area contributed by atoms with Crippen molar-refractivity contribution in [1.82, 2.24) is 4.90 Å². The van der Waals surface area contributed by atoms with Crippen LogP contribution in [0.2, 0.25) is 0 Å². The third-order valence-electron chi connectivity index (χ3n) is 3.81. The van der Waals surface area contributed by atoms with Crippen molar-refractivity contribution in [3.05, 3.63) is 35.4 Å². The Morgan fingerprint density at radius 2 is 1.76 bits per heavy atom. The SMILES string of the molecule is CCN(C(C)=O)C(C)(C(=O)O)c1ccc(CC(C)C)cc1. The normalized spacial score (nSPS) is 13.8. The maximum atomic E-state index is 11.8. The van der Waals surface area contributed by atoms with Crippen LogP contribution in [0.1, 0.15) is 45.7 Å². The minimum absolute atomic E-state index is 0.242. The van der Waals surface area contributed by atoms with Crippen LogP contribution in [0.4, 0.5) is 0 Å². The average molecular weight is 291 g/mol. The number of hydrogen-bond acceptors (Lipinski definition) is 2. The highest BCUT2D eigenvalue weighted by molar-refractivity contribution is 5.87. The molecule has 0 aliphatic heterocycles. The third kappa shape index (κ3) is 3.63. The molecule has 0 spiro atoms. The van der Waals surface area contributed by atoms with Gasteiger partial charge in [0, 0.05) is 13.5 Å². The fraction of sp³-hybridized carbons (Fsp3) is 0.529. The highest BCUT2D eigenvalue weighted by Gasteiger charge is 2.42. The summed E-state index contributed by atoms with van der Waals surface area (Å²) in [5, 5.41) is 9.66. The second kappa shape index (κ2) is 6.74. The molecular weight excluding hydrogens is 266 g/mol. The van der Waals surface area contributed by atoms with Crippen molar-refractivity contribution in [3.8, 4) is 0 Å². The van der Waals surface area contributed by atoms with E-state index in [1.54, 1.807) is 13.8 Å². The zero-order chi connectivity index (χ0) is 16.2. The quantitative estimate of drug-likeness (QED) is 0.876. The summed E-state index contributed by atoms with van der Waals surface area (Å²) in [6, 6.07) is 7.53. The second-order valence-electron chi connectivity index (χ2n) is 5.94. The molecule has 0 aliphatic carbocycles. The smallest absolute Gasteiger partial charge is 0.334 e. The topological polar surface area (TPSA) is 57.6 Å².